The highest BCUT2D eigenvalue weighted by atomic mass is 79.9. The van der Waals surface area contributed by atoms with Crippen molar-refractivity contribution in [3.63, 3.8) is 0 Å². The van der Waals surface area contributed by atoms with E-state index < -0.39 is 23.5 Å². The number of hydrogen-bond acceptors (Lipinski definition) is 2. The van der Waals surface area contributed by atoms with Gasteiger partial charge in [0, 0.05) is 4.47 Å². The van der Waals surface area contributed by atoms with Crippen LogP contribution in [0.15, 0.2) is 16.6 Å². The monoisotopic (exact) mass is 322 g/mol. The van der Waals surface area contributed by atoms with Crippen molar-refractivity contribution >= 4 is 27.5 Å². The fourth-order valence-corrected chi connectivity index (χ4v) is 2.27. The normalized spacial score (nSPS) is 12.1. The van der Waals surface area contributed by atoms with Gasteiger partial charge in [-0.2, -0.15) is 13.2 Å². The third-order valence-electron chi connectivity index (χ3n) is 2.38. The number of carbonyl (C=O) groups is 1. The molecule has 0 aliphatic heterocycles. The third-order valence-corrected chi connectivity index (χ3v) is 3.02. The molecule has 1 N–H and O–H groups in total. The van der Waals surface area contributed by atoms with Crippen molar-refractivity contribution in [1.82, 2.24) is 9.38 Å². The summed E-state index contributed by atoms with van der Waals surface area (Å²) in [6.45, 7) is 1.35. The Kier molecular flexibility index (Phi) is 2.84. The Bertz CT molecular complexity index is 649. The average Bonchev–Trinajstić information content (AvgIpc) is 2.51. The van der Waals surface area contributed by atoms with E-state index in [0.717, 1.165) is 0 Å². The van der Waals surface area contributed by atoms with Crippen molar-refractivity contribution in [1.29, 1.82) is 0 Å². The molecule has 96 valence electrons. The Hall–Kier alpha value is -1.57. The molecule has 0 fully saturated rings. The number of aromatic nitrogens is 2. The predicted octanol–water partition coefficient (Wildman–Crippen LogP) is 3.12. The SMILES string of the molecule is Cc1nc2ccc(Br)c(C(F)(F)F)n2c1C(=O)O. The second-order valence-corrected chi connectivity index (χ2v) is 4.43. The first-order valence-corrected chi connectivity index (χ1v) is 5.51. The molecular formula is C10H6BrF3N2O2. The summed E-state index contributed by atoms with van der Waals surface area (Å²) < 4.78 is 39.2. The number of hydrogen-bond donors (Lipinski definition) is 1. The van der Waals surface area contributed by atoms with Gasteiger partial charge in [-0.3, -0.25) is 4.40 Å². The van der Waals surface area contributed by atoms with E-state index in [4.69, 9.17) is 5.11 Å². The van der Waals surface area contributed by atoms with Gasteiger partial charge in [-0.1, -0.05) is 0 Å². The first-order chi connectivity index (χ1) is 8.23. The molecule has 0 atom stereocenters. The first kappa shape index (κ1) is 12.9. The summed E-state index contributed by atoms with van der Waals surface area (Å²) in [5.41, 5.74) is -1.59. The minimum absolute atomic E-state index is 0.0334. The number of pyridine rings is 1. The van der Waals surface area contributed by atoms with Gasteiger partial charge in [0.15, 0.2) is 5.69 Å². The van der Waals surface area contributed by atoms with Gasteiger partial charge in [0.2, 0.25) is 0 Å². The minimum atomic E-state index is -4.68. The molecule has 0 amide bonds. The van der Waals surface area contributed by atoms with E-state index in [2.05, 4.69) is 20.9 Å². The van der Waals surface area contributed by atoms with Crippen LogP contribution in [0.3, 0.4) is 0 Å². The lowest BCUT2D eigenvalue weighted by atomic mass is 10.3. The van der Waals surface area contributed by atoms with Crippen LogP contribution in [0.25, 0.3) is 5.65 Å². The highest BCUT2D eigenvalue weighted by Gasteiger charge is 2.38. The molecule has 0 radical (unpaired) electrons. The Morgan fingerprint density at radius 1 is 1.44 bits per heavy atom. The van der Waals surface area contributed by atoms with Crippen molar-refractivity contribution in [3.8, 4) is 0 Å². The molecule has 2 aromatic heterocycles. The van der Waals surface area contributed by atoms with Gasteiger partial charge in [0.05, 0.1) is 5.69 Å². The molecule has 0 saturated carbocycles. The lowest BCUT2D eigenvalue weighted by Gasteiger charge is -2.12. The van der Waals surface area contributed by atoms with Crippen molar-refractivity contribution < 1.29 is 23.1 Å². The van der Waals surface area contributed by atoms with E-state index in [0.29, 0.717) is 4.40 Å². The summed E-state index contributed by atoms with van der Waals surface area (Å²) in [5, 5.41) is 8.99. The lowest BCUT2D eigenvalue weighted by Crippen LogP contribution is -2.16. The Balaban J connectivity index is 3.00. The molecule has 2 aromatic rings. The molecular weight excluding hydrogens is 317 g/mol. The van der Waals surface area contributed by atoms with Crippen molar-refractivity contribution in [2.75, 3.05) is 0 Å². The first-order valence-electron chi connectivity index (χ1n) is 4.71. The van der Waals surface area contributed by atoms with Crippen molar-refractivity contribution in [2.45, 2.75) is 13.1 Å². The molecule has 4 nitrogen and oxygen atoms in total. The van der Waals surface area contributed by atoms with Gasteiger partial charge < -0.3 is 5.11 Å². The maximum Gasteiger partial charge on any atom is 0.432 e. The number of rotatable bonds is 1. The number of nitrogens with zero attached hydrogens (tertiary/aromatic N) is 2. The topological polar surface area (TPSA) is 54.6 Å². The molecule has 2 rings (SSSR count). The number of carboxylic acids is 1. The summed E-state index contributed by atoms with van der Waals surface area (Å²) in [5.74, 6) is -1.45. The van der Waals surface area contributed by atoms with Crippen LogP contribution in [0, 0.1) is 6.92 Å². The largest absolute Gasteiger partial charge is 0.477 e. The van der Waals surface area contributed by atoms with Gasteiger partial charge in [-0.25, -0.2) is 9.78 Å². The second kappa shape index (κ2) is 3.98. The molecule has 0 bridgehead atoms. The number of imidazole rings is 1. The smallest absolute Gasteiger partial charge is 0.432 e. The van der Waals surface area contributed by atoms with Crippen LogP contribution >= 0.6 is 15.9 Å². The number of alkyl halides is 3. The molecule has 0 saturated heterocycles. The zero-order valence-corrected chi connectivity index (χ0v) is 10.5. The predicted molar refractivity (Wildman–Crippen MR) is 59.6 cm³/mol. The molecule has 8 heteroatoms. The molecule has 18 heavy (non-hydrogen) atoms. The van der Waals surface area contributed by atoms with Crippen LogP contribution in [0.4, 0.5) is 13.2 Å². The van der Waals surface area contributed by atoms with E-state index in [-0.39, 0.29) is 15.8 Å². The number of carboxylic acid groups (broad SMARTS) is 1. The van der Waals surface area contributed by atoms with Gasteiger partial charge in [0.25, 0.3) is 0 Å². The quantitative estimate of drug-likeness (QED) is 0.877. The number of aromatic carboxylic acids is 1. The average molecular weight is 323 g/mol. The van der Waals surface area contributed by atoms with E-state index in [1.807, 2.05) is 0 Å². The van der Waals surface area contributed by atoms with E-state index >= 15 is 0 Å². The van der Waals surface area contributed by atoms with E-state index in [1.165, 1.54) is 19.1 Å². The molecule has 0 spiro atoms. The maximum atomic E-state index is 13.0. The second-order valence-electron chi connectivity index (χ2n) is 3.57. The van der Waals surface area contributed by atoms with Crippen LogP contribution in [-0.2, 0) is 6.18 Å². The van der Waals surface area contributed by atoms with Crippen molar-refractivity contribution in [3.05, 3.63) is 33.7 Å². The third kappa shape index (κ3) is 1.86. The fraction of sp³-hybridized carbons (Fsp3) is 0.200. The van der Waals surface area contributed by atoms with E-state index in [9.17, 15) is 18.0 Å². The zero-order valence-electron chi connectivity index (χ0n) is 8.92. The van der Waals surface area contributed by atoms with Gasteiger partial charge in [-0.15, -0.1) is 0 Å². The van der Waals surface area contributed by atoms with Crippen LogP contribution in [-0.4, -0.2) is 20.5 Å². The molecule has 0 aliphatic rings. The Morgan fingerprint density at radius 3 is 2.56 bits per heavy atom. The number of fused-ring (bicyclic) bond motifs is 1. The van der Waals surface area contributed by atoms with E-state index in [1.54, 1.807) is 0 Å². The zero-order chi connectivity index (χ0) is 13.7. The summed E-state index contributed by atoms with van der Waals surface area (Å²) in [7, 11) is 0. The van der Waals surface area contributed by atoms with Gasteiger partial charge in [-0.05, 0) is 35.0 Å². The highest BCUT2D eigenvalue weighted by Crippen LogP contribution is 2.36. The summed E-state index contributed by atoms with van der Waals surface area (Å²) >= 11 is 2.78. The fourth-order valence-electron chi connectivity index (χ4n) is 1.74. The highest BCUT2D eigenvalue weighted by molar-refractivity contribution is 9.10. The summed E-state index contributed by atoms with van der Waals surface area (Å²) in [6, 6.07) is 2.51. The number of aryl methyl sites for hydroxylation is 1. The van der Waals surface area contributed by atoms with Crippen LogP contribution in [0.1, 0.15) is 21.9 Å². The minimum Gasteiger partial charge on any atom is -0.477 e. The Morgan fingerprint density at radius 2 is 2.06 bits per heavy atom. The standard InChI is InChI=1S/C10H6BrF3N2O2/c1-4-7(9(17)18)16-6(15-4)3-2-5(11)8(16)10(12,13)14/h2-3H,1H3,(H,17,18). The molecule has 0 aliphatic carbocycles. The molecule has 2 heterocycles. The lowest BCUT2D eigenvalue weighted by molar-refractivity contribution is -0.142. The summed E-state index contributed by atoms with van der Waals surface area (Å²) in [4.78, 5) is 14.9. The maximum absolute atomic E-state index is 13.0. The molecule has 0 unspecified atom stereocenters. The van der Waals surface area contributed by atoms with Crippen LogP contribution < -0.4 is 0 Å². The van der Waals surface area contributed by atoms with Crippen molar-refractivity contribution in [2.24, 2.45) is 0 Å². The van der Waals surface area contributed by atoms with Crippen LogP contribution in [0.5, 0.6) is 0 Å². The van der Waals surface area contributed by atoms with Crippen LogP contribution in [0.2, 0.25) is 0 Å². The summed E-state index contributed by atoms with van der Waals surface area (Å²) in [6.07, 6.45) is -4.68. The number of halogens is 4. The van der Waals surface area contributed by atoms with Gasteiger partial charge >= 0.3 is 12.1 Å². The Labute approximate surface area is 107 Å². The molecule has 0 aromatic carbocycles. The van der Waals surface area contributed by atoms with Gasteiger partial charge in [0.1, 0.15) is 11.3 Å².